The van der Waals surface area contributed by atoms with Gasteiger partial charge in [-0.25, -0.2) is 0 Å². The zero-order valence-electron chi connectivity index (χ0n) is 12.7. The Bertz CT molecular complexity index is 490. The molecule has 3 unspecified atom stereocenters. The Balaban J connectivity index is 1.82. The number of piperazine rings is 1. The fraction of sp³-hybridized carbons (Fsp3) is 0.588. The van der Waals surface area contributed by atoms with E-state index in [0.29, 0.717) is 0 Å². The van der Waals surface area contributed by atoms with Crippen molar-refractivity contribution in [3.05, 3.63) is 35.9 Å². The highest BCUT2D eigenvalue weighted by molar-refractivity contribution is 5.80. The van der Waals surface area contributed by atoms with Crippen LogP contribution in [0.15, 0.2) is 30.3 Å². The van der Waals surface area contributed by atoms with Gasteiger partial charge in [-0.3, -0.25) is 4.79 Å². The normalized spacial score (nSPS) is 30.6. The minimum absolute atomic E-state index is 0.0274. The van der Waals surface area contributed by atoms with Crippen LogP contribution < -0.4 is 5.73 Å². The first kappa shape index (κ1) is 14.5. The van der Waals surface area contributed by atoms with E-state index < -0.39 is 0 Å². The fourth-order valence-electron chi connectivity index (χ4n) is 3.65. The van der Waals surface area contributed by atoms with Crippen LogP contribution in [-0.2, 0) is 4.79 Å². The van der Waals surface area contributed by atoms with Crippen molar-refractivity contribution in [1.82, 2.24) is 9.80 Å². The zero-order valence-corrected chi connectivity index (χ0v) is 12.7. The number of benzene rings is 1. The van der Waals surface area contributed by atoms with Crippen LogP contribution in [0, 0.1) is 5.92 Å². The average molecular weight is 287 g/mol. The van der Waals surface area contributed by atoms with Gasteiger partial charge in [0, 0.05) is 25.7 Å². The van der Waals surface area contributed by atoms with Crippen LogP contribution in [-0.4, -0.2) is 48.4 Å². The van der Waals surface area contributed by atoms with Crippen molar-refractivity contribution < 1.29 is 4.79 Å². The molecule has 2 aliphatic rings. The van der Waals surface area contributed by atoms with Crippen LogP contribution in [0.4, 0.5) is 0 Å². The third kappa shape index (κ3) is 2.97. The Morgan fingerprint density at radius 1 is 1.19 bits per heavy atom. The van der Waals surface area contributed by atoms with E-state index in [1.165, 1.54) is 5.56 Å². The molecule has 1 aliphatic heterocycles. The largest absolute Gasteiger partial charge is 0.333 e. The van der Waals surface area contributed by atoms with Crippen LogP contribution >= 0.6 is 0 Å². The summed E-state index contributed by atoms with van der Waals surface area (Å²) >= 11 is 0. The van der Waals surface area contributed by atoms with Crippen LogP contribution in [0.1, 0.15) is 30.9 Å². The number of rotatable bonds is 2. The molecule has 1 heterocycles. The second kappa shape index (κ2) is 6.16. The first-order valence-corrected chi connectivity index (χ1v) is 7.96. The molecule has 3 atom stereocenters. The van der Waals surface area contributed by atoms with Crippen LogP contribution in [0.25, 0.3) is 0 Å². The maximum Gasteiger partial charge on any atom is 0.227 e. The molecule has 21 heavy (non-hydrogen) atoms. The molecule has 2 fully saturated rings. The lowest BCUT2D eigenvalue weighted by Gasteiger charge is -2.42. The standard InChI is InChI=1S/C17H25N3O/c1-19-10-11-20(17(21)14-8-5-9-15(14)18)16(12-19)13-6-3-2-4-7-13/h2-4,6-7,14-16H,5,8-12,18H2,1H3. The zero-order chi connectivity index (χ0) is 14.8. The second-order valence-electron chi connectivity index (χ2n) is 6.42. The van der Waals surface area contributed by atoms with Gasteiger partial charge in [-0.05, 0) is 25.5 Å². The molecule has 1 aliphatic carbocycles. The molecule has 1 saturated heterocycles. The highest BCUT2D eigenvalue weighted by Gasteiger charge is 2.38. The molecule has 4 heteroatoms. The summed E-state index contributed by atoms with van der Waals surface area (Å²) in [6, 6.07) is 10.6. The molecule has 0 spiro atoms. The number of nitrogens with two attached hydrogens (primary N) is 1. The summed E-state index contributed by atoms with van der Waals surface area (Å²) in [6.07, 6.45) is 3.02. The first-order chi connectivity index (χ1) is 10.2. The maximum atomic E-state index is 12.9. The lowest BCUT2D eigenvalue weighted by molar-refractivity contribution is -0.140. The Morgan fingerprint density at radius 3 is 2.62 bits per heavy atom. The Labute approximate surface area is 126 Å². The molecule has 2 N–H and O–H groups in total. The molecule has 1 saturated carbocycles. The number of nitrogens with zero attached hydrogens (tertiary/aromatic N) is 2. The SMILES string of the molecule is CN1CCN(C(=O)C2CCCC2N)C(c2ccccc2)C1. The summed E-state index contributed by atoms with van der Waals surface area (Å²) < 4.78 is 0. The van der Waals surface area contributed by atoms with Gasteiger partial charge in [0.2, 0.25) is 5.91 Å². The minimum Gasteiger partial charge on any atom is -0.333 e. The van der Waals surface area contributed by atoms with Gasteiger partial charge in [-0.15, -0.1) is 0 Å². The third-order valence-electron chi connectivity index (χ3n) is 4.94. The quantitative estimate of drug-likeness (QED) is 0.899. The van der Waals surface area contributed by atoms with Gasteiger partial charge in [0.25, 0.3) is 0 Å². The summed E-state index contributed by atoms with van der Waals surface area (Å²) in [5.74, 6) is 0.293. The number of carbonyl (C=O) groups excluding carboxylic acids is 1. The van der Waals surface area contributed by atoms with E-state index in [2.05, 4.69) is 29.0 Å². The van der Waals surface area contributed by atoms with E-state index in [0.717, 1.165) is 38.9 Å². The Kier molecular flexibility index (Phi) is 4.27. The van der Waals surface area contributed by atoms with Gasteiger partial charge in [0.05, 0.1) is 12.0 Å². The van der Waals surface area contributed by atoms with Crippen molar-refractivity contribution >= 4 is 5.91 Å². The van der Waals surface area contributed by atoms with Gasteiger partial charge < -0.3 is 15.5 Å². The van der Waals surface area contributed by atoms with Gasteiger partial charge in [0.1, 0.15) is 0 Å². The van der Waals surface area contributed by atoms with Crippen LogP contribution in [0.2, 0.25) is 0 Å². The predicted octanol–water partition coefficient (Wildman–Crippen LogP) is 1.63. The minimum atomic E-state index is 0.0274. The highest BCUT2D eigenvalue weighted by Crippen LogP contribution is 2.31. The topological polar surface area (TPSA) is 49.6 Å². The van der Waals surface area contributed by atoms with Crippen LogP contribution in [0.3, 0.4) is 0 Å². The summed E-state index contributed by atoms with van der Waals surface area (Å²) in [5.41, 5.74) is 7.37. The van der Waals surface area contributed by atoms with E-state index >= 15 is 0 Å². The third-order valence-corrected chi connectivity index (χ3v) is 4.94. The van der Waals surface area contributed by atoms with Crippen molar-refractivity contribution in [2.75, 3.05) is 26.7 Å². The van der Waals surface area contributed by atoms with Crippen molar-refractivity contribution in [2.45, 2.75) is 31.3 Å². The van der Waals surface area contributed by atoms with Gasteiger partial charge in [0.15, 0.2) is 0 Å². The van der Waals surface area contributed by atoms with E-state index in [9.17, 15) is 4.79 Å². The van der Waals surface area contributed by atoms with Crippen LogP contribution in [0.5, 0.6) is 0 Å². The smallest absolute Gasteiger partial charge is 0.227 e. The highest BCUT2D eigenvalue weighted by atomic mass is 16.2. The van der Waals surface area contributed by atoms with Crippen molar-refractivity contribution in [1.29, 1.82) is 0 Å². The van der Waals surface area contributed by atoms with Crippen molar-refractivity contribution in [3.8, 4) is 0 Å². The van der Waals surface area contributed by atoms with E-state index in [1.807, 2.05) is 18.2 Å². The van der Waals surface area contributed by atoms with Gasteiger partial charge in [-0.2, -0.15) is 0 Å². The van der Waals surface area contributed by atoms with E-state index in [1.54, 1.807) is 0 Å². The first-order valence-electron chi connectivity index (χ1n) is 7.96. The summed E-state index contributed by atoms with van der Waals surface area (Å²) in [4.78, 5) is 17.3. The van der Waals surface area contributed by atoms with Gasteiger partial charge in [-0.1, -0.05) is 36.8 Å². The molecule has 0 aromatic heterocycles. The number of likely N-dealkylation sites (N-methyl/N-ethyl adjacent to an activating group) is 1. The molecular formula is C17H25N3O. The maximum absolute atomic E-state index is 12.9. The number of hydrogen-bond acceptors (Lipinski definition) is 3. The molecule has 1 aromatic rings. The lowest BCUT2D eigenvalue weighted by Crippen LogP contribution is -2.52. The summed E-state index contributed by atoms with van der Waals surface area (Å²) in [6.45, 7) is 2.65. The molecule has 0 radical (unpaired) electrons. The molecule has 4 nitrogen and oxygen atoms in total. The summed E-state index contributed by atoms with van der Waals surface area (Å²) in [5, 5.41) is 0. The second-order valence-corrected chi connectivity index (χ2v) is 6.42. The summed E-state index contributed by atoms with van der Waals surface area (Å²) in [7, 11) is 2.12. The number of hydrogen-bond donors (Lipinski definition) is 1. The van der Waals surface area contributed by atoms with E-state index in [4.69, 9.17) is 5.73 Å². The fourth-order valence-corrected chi connectivity index (χ4v) is 3.65. The van der Waals surface area contributed by atoms with E-state index in [-0.39, 0.29) is 23.9 Å². The van der Waals surface area contributed by atoms with Crippen molar-refractivity contribution in [3.63, 3.8) is 0 Å². The van der Waals surface area contributed by atoms with Gasteiger partial charge >= 0.3 is 0 Å². The molecule has 114 valence electrons. The molecule has 1 aromatic carbocycles. The number of amides is 1. The monoisotopic (exact) mass is 287 g/mol. The van der Waals surface area contributed by atoms with Crippen molar-refractivity contribution in [2.24, 2.45) is 11.7 Å². The molecular weight excluding hydrogens is 262 g/mol. The molecule has 3 rings (SSSR count). The Morgan fingerprint density at radius 2 is 1.95 bits per heavy atom. The number of carbonyl (C=O) groups is 1. The lowest BCUT2D eigenvalue weighted by atomic mass is 9.97. The molecule has 1 amide bonds. The average Bonchev–Trinajstić information content (AvgIpc) is 2.93. The Hall–Kier alpha value is -1.39. The molecule has 0 bridgehead atoms. The predicted molar refractivity (Wildman–Crippen MR) is 83.7 cm³/mol.